The van der Waals surface area contributed by atoms with Crippen LogP contribution in [-0.4, -0.2) is 54.6 Å². The number of rotatable bonds is 9. The summed E-state index contributed by atoms with van der Waals surface area (Å²) < 4.78 is 5.22. The summed E-state index contributed by atoms with van der Waals surface area (Å²) in [5.74, 6) is 0.989. The number of nitrogens with one attached hydrogen (secondary N) is 3. The largest absolute Gasteiger partial charge is 0.444 e. The number of halogens is 1. The zero-order valence-corrected chi connectivity index (χ0v) is 22.0. The number of hydrogen-bond acceptors (Lipinski definition) is 4. The van der Waals surface area contributed by atoms with Crippen molar-refractivity contribution in [1.29, 1.82) is 0 Å². The molecule has 32 heavy (non-hydrogen) atoms. The molecule has 0 unspecified atom stereocenters. The zero-order chi connectivity index (χ0) is 22.7. The van der Waals surface area contributed by atoms with Gasteiger partial charge in [0, 0.05) is 39.1 Å². The molecule has 2 rings (SSSR count). The SMILES string of the molecule is CCNC(=NCc1ccc(CN2CCCC2=O)cc1)NCCCNC(=O)OC(C)(C)C.I. The second-order valence-electron chi connectivity index (χ2n) is 8.64. The van der Waals surface area contributed by atoms with Crippen LogP contribution in [0, 0.1) is 0 Å². The van der Waals surface area contributed by atoms with Crippen LogP contribution in [0.15, 0.2) is 29.3 Å². The fourth-order valence-electron chi connectivity index (χ4n) is 3.15. The van der Waals surface area contributed by atoms with E-state index in [9.17, 15) is 9.59 Å². The van der Waals surface area contributed by atoms with Crippen molar-refractivity contribution in [2.24, 2.45) is 4.99 Å². The van der Waals surface area contributed by atoms with Crippen LogP contribution in [0.5, 0.6) is 0 Å². The van der Waals surface area contributed by atoms with Crippen LogP contribution >= 0.6 is 24.0 Å². The van der Waals surface area contributed by atoms with E-state index in [1.165, 1.54) is 0 Å². The van der Waals surface area contributed by atoms with Crippen LogP contribution in [0.2, 0.25) is 0 Å². The van der Waals surface area contributed by atoms with Gasteiger partial charge in [-0.25, -0.2) is 9.79 Å². The molecule has 0 aromatic heterocycles. The summed E-state index contributed by atoms with van der Waals surface area (Å²) >= 11 is 0. The Morgan fingerprint density at radius 2 is 1.75 bits per heavy atom. The smallest absolute Gasteiger partial charge is 0.407 e. The second kappa shape index (κ2) is 14.2. The first-order chi connectivity index (χ1) is 14.8. The van der Waals surface area contributed by atoms with Gasteiger partial charge in [-0.1, -0.05) is 24.3 Å². The molecule has 1 saturated heterocycles. The Morgan fingerprint density at radius 3 is 2.34 bits per heavy atom. The number of aliphatic imine (C=N–C) groups is 1. The van der Waals surface area contributed by atoms with E-state index in [1.807, 2.05) is 32.6 Å². The molecule has 2 amide bonds. The van der Waals surface area contributed by atoms with Gasteiger partial charge >= 0.3 is 6.09 Å². The van der Waals surface area contributed by atoms with E-state index in [4.69, 9.17) is 4.74 Å². The van der Waals surface area contributed by atoms with Gasteiger partial charge in [-0.15, -0.1) is 24.0 Å². The van der Waals surface area contributed by atoms with Crippen LogP contribution in [-0.2, 0) is 22.6 Å². The van der Waals surface area contributed by atoms with Gasteiger partial charge in [0.1, 0.15) is 5.60 Å². The Bertz CT molecular complexity index is 747. The van der Waals surface area contributed by atoms with Gasteiger partial charge in [-0.2, -0.15) is 0 Å². The number of benzene rings is 1. The minimum absolute atomic E-state index is 0. The van der Waals surface area contributed by atoms with E-state index in [2.05, 4.69) is 45.2 Å². The number of hydrogen-bond donors (Lipinski definition) is 3. The highest BCUT2D eigenvalue weighted by molar-refractivity contribution is 14.0. The van der Waals surface area contributed by atoms with Crippen LogP contribution in [0.1, 0.15) is 58.1 Å². The Morgan fingerprint density at radius 1 is 1.09 bits per heavy atom. The van der Waals surface area contributed by atoms with Gasteiger partial charge in [-0.3, -0.25) is 4.79 Å². The Balaban J connectivity index is 0.00000512. The first-order valence-corrected chi connectivity index (χ1v) is 11.1. The first kappa shape index (κ1) is 28.0. The second-order valence-corrected chi connectivity index (χ2v) is 8.64. The molecule has 180 valence electrons. The summed E-state index contributed by atoms with van der Waals surface area (Å²) in [5, 5.41) is 9.26. The van der Waals surface area contributed by atoms with Gasteiger partial charge in [0.05, 0.1) is 6.54 Å². The maximum absolute atomic E-state index is 11.8. The van der Waals surface area contributed by atoms with E-state index < -0.39 is 11.7 Å². The topological polar surface area (TPSA) is 95.1 Å². The fraction of sp³-hybridized carbons (Fsp3) is 0.609. The van der Waals surface area contributed by atoms with Crippen molar-refractivity contribution in [1.82, 2.24) is 20.9 Å². The number of amides is 2. The number of carbonyl (C=O) groups is 2. The Kier molecular flexibility index (Phi) is 12.4. The third-order valence-corrected chi connectivity index (χ3v) is 4.65. The van der Waals surface area contributed by atoms with E-state index in [0.29, 0.717) is 32.6 Å². The molecular formula is C23H38IN5O3. The fourth-order valence-corrected chi connectivity index (χ4v) is 3.15. The predicted molar refractivity (Wildman–Crippen MR) is 138 cm³/mol. The lowest BCUT2D eigenvalue weighted by atomic mass is 10.1. The highest BCUT2D eigenvalue weighted by Crippen LogP contribution is 2.15. The van der Waals surface area contributed by atoms with Crippen molar-refractivity contribution < 1.29 is 14.3 Å². The summed E-state index contributed by atoms with van der Waals surface area (Å²) in [6.45, 7) is 11.6. The molecule has 1 aliphatic heterocycles. The normalized spacial score (nSPS) is 14.1. The number of alkyl carbamates (subject to hydrolysis) is 1. The molecule has 0 aliphatic carbocycles. The maximum Gasteiger partial charge on any atom is 0.407 e. The molecular weight excluding hydrogens is 521 g/mol. The number of nitrogens with zero attached hydrogens (tertiary/aromatic N) is 2. The third kappa shape index (κ3) is 11.0. The molecule has 1 aliphatic rings. The van der Waals surface area contributed by atoms with Crippen molar-refractivity contribution in [2.75, 3.05) is 26.2 Å². The third-order valence-electron chi connectivity index (χ3n) is 4.65. The standard InChI is InChI=1S/C23H37N5O3.HI/c1-5-24-21(25-13-7-14-26-22(30)31-23(2,3)4)27-16-18-9-11-19(12-10-18)17-28-15-6-8-20(28)29;/h9-12H,5-8,13-17H2,1-4H3,(H,26,30)(H2,24,25,27);1H. The summed E-state index contributed by atoms with van der Waals surface area (Å²) in [6.07, 6.45) is 1.99. The van der Waals surface area contributed by atoms with Crippen LogP contribution in [0.25, 0.3) is 0 Å². The van der Waals surface area contributed by atoms with E-state index in [1.54, 1.807) is 0 Å². The highest BCUT2D eigenvalue weighted by atomic mass is 127. The molecule has 3 N–H and O–H groups in total. The van der Waals surface area contributed by atoms with Crippen molar-refractivity contribution in [3.63, 3.8) is 0 Å². The lowest BCUT2D eigenvalue weighted by Crippen LogP contribution is -2.39. The van der Waals surface area contributed by atoms with Crippen molar-refractivity contribution in [2.45, 2.75) is 65.6 Å². The average molecular weight is 559 g/mol. The number of ether oxygens (including phenoxy) is 1. The van der Waals surface area contributed by atoms with E-state index in [0.717, 1.165) is 43.0 Å². The molecule has 0 spiro atoms. The van der Waals surface area contributed by atoms with Gasteiger partial charge in [0.25, 0.3) is 0 Å². The average Bonchev–Trinajstić information content (AvgIpc) is 3.10. The van der Waals surface area contributed by atoms with E-state index in [-0.39, 0.29) is 29.9 Å². The van der Waals surface area contributed by atoms with Gasteiger partial charge in [-0.05, 0) is 51.7 Å². The van der Waals surface area contributed by atoms with Crippen LogP contribution in [0.3, 0.4) is 0 Å². The molecule has 0 saturated carbocycles. The summed E-state index contributed by atoms with van der Waals surface area (Å²) in [7, 11) is 0. The summed E-state index contributed by atoms with van der Waals surface area (Å²) in [4.78, 5) is 30.0. The number of carbonyl (C=O) groups excluding carboxylic acids is 2. The monoisotopic (exact) mass is 559 g/mol. The van der Waals surface area contributed by atoms with Crippen molar-refractivity contribution in [3.05, 3.63) is 35.4 Å². The molecule has 0 radical (unpaired) electrons. The van der Waals surface area contributed by atoms with Crippen molar-refractivity contribution >= 4 is 41.9 Å². The molecule has 1 aromatic carbocycles. The number of likely N-dealkylation sites (tertiary alicyclic amines) is 1. The van der Waals surface area contributed by atoms with Gasteiger partial charge in [0.15, 0.2) is 5.96 Å². The molecule has 8 nitrogen and oxygen atoms in total. The molecule has 0 bridgehead atoms. The molecule has 1 heterocycles. The summed E-state index contributed by atoms with van der Waals surface area (Å²) in [6, 6.07) is 8.26. The lowest BCUT2D eigenvalue weighted by Gasteiger charge is -2.19. The molecule has 1 fully saturated rings. The lowest BCUT2D eigenvalue weighted by molar-refractivity contribution is -0.128. The highest BCUT2D eigenvalue weighted by Gasteiger charge is 2.19. The molecule has 1 aromatic rings. The predicted octanol–water partition coefficient (Wildman–Crippen LogP) is 3.40. The maximum atomic E-state index is 11.8. The molecule has 0 atom stereocenters. The Labute approximate surface area is 209 Å². The van der Waals surface area contributed by atoms with Crippen LogP contribution in [0.4, 0.5) is 4.79 Å². The molecule has 9 heteroatoms. The van der Waals surface area contributed by atoms with Gasteiger partial charge in [0.2, 0.25) is 5.91 Å². The van der Waals surface area contributed by atoms with Crippen molar-refractivity contribution in [3.8, 4) is 0 Å². The Hall–Kier alpha value is -2.04. The zero-order valence-electron chi connectivity index (χ0n) is 19.7. The van der Waals surface area contributed by atoms with E-state index >= 15 is 0 Å². The van der Waals surface area contributed by atoms with Crippen LogP contribution < -0.4 is 16.0 Å². The summed E-state index contributed by atoms with van der Waals surface area (Å²) in [5.41, 5.74) is 1.77. The first-order valence-electron chi connectivity index (χ1n) is 11.1. The minimum Gasteiger partial charge on any atom is -0.444 e. The minimum atomic E-state index is -0.489. The quantitative estimate of drug-likeness (QED) is 0.187. The number of guanidine groups is 1. The van der Waals surface area contributed by atoms with Gasteiger partial charge < -0.3 is 25.6 Å².